The fourth-order valence-corrected chi connectivity index (χ4v) is 3.51. The second kappa shape index (κ2) is 7.36. The number of fused-ring (bicyclic) bond motifs is 2. The molecule has 0 unspecified atom stereocenters. The lowest BCUT2D eigenvalue weighted by Gasteiger charge is -2.18. The van der Waals surface area contributed by atoms with E-state index >= 15 is 0 Å². The fraction of sp³-hybridized carbons (Fsp3) is 0.350. The van der Waals surface area contributed by atoms with Crippen molar-refractivity contribution in [3.8, 4) is 11.5 Å². The number of aromatic nitrogens is 3. The van der Waals surface area contributed by atoms with E-state index in [1.54, 1.807) is 37.1 Å². The molecule has 7 heteroatoms. The van der Waals surface area contributed by atoms with Gasteiger partial charge in [0.1, 0.15) is 5.82 Å². The number of nitrogens with zero attached hydrogens (tertiary/aromatic N) is 4. The molecule has 27 heavy (non-hydrogen) atoms. The Balaban J connectivity index is 1.67. The number of hydrogen-bond acceptors (Lipinski definition) is 6. The summed E-state index contributed by atoms with van der Waals surface area (Å²) in [7, 11) is 3.14. The van der Waals surface area contributed by atoms with Gasteiger partial charge in [0.25, 0.3) is 5.56 Å². The van der Waals surface area contributed by atoms with Gasteiger partial charge in [0.15, 0.2) is 11.5 Å². The van der Waals surface area contributed by atoms with Crippen LogP contribution in [-0.2, 0) is 19.5 Å². The Morgan fingerprint density at radius 2 is 1.89 bits per heavy atom. The van der Waals surface area contributed by atoms with Gasteiger partial charge in [0.2, 0.25) is 0 Å². The zero-order chi connectivity index (χ0) is 18.8. The Bertz CT molecular complexity index is 1020. The summed E-state index contributed by atoms with van der Waals surface area (Å²) in [5.41, 5.74) is 1.64. The lowest BCUT2D eigenvalue weighted by Crippen LogP contribution is -2.29. The molecule has 0 fully saturated rings. The van der Waals surface area contributed by atoms with Gasteiger partial charge >= 0.3 is 0 Å². The molecule has 0 bridgehead atoms. The highest BCUT2D eigenvalue weighted by Crippen LogP contribution is 2.30. The van der Waals surface area contributed by atoms with Gasteiger partial charge in [-0.1, -0.05) is 6.07 Å². The molecule has 1 aliphatic heterocycles. The van der Waals surface area contributed by atoms with Crippen molar-refractivity contribution in [1.29, 1.82) is 0 Å². The van der Waals surface area contributed by atoms with Crippen molar-refractivity contribution < 1.29 is 9.47 Å². The molecule has 1 aromatic carbocycles. The fourth-order valence-electron chi connectivity index (χ4n) is 3.51. The molecule has 0 N–H and O–H groups in total. The maximum Gasteiger partial charge on any atom is 0.261 e. The highest BCUT2D eigenvalue weighted by atomic mass is 16.5. The molecule has 0 aliphatic carbocycles. The predicted molar refractivity (Wildman–Crippen MR) is 102 cm³/mol. The summed E-state index contributed by atoms with van der Waals surface area (Å²) >= 11 is 0. The average Bonchev–Trinajstić information content (AvgIpc) is 2.90. The largest absolute Gasteiger partial charge is 0.493 e. The van der Waals surface area contributed by atoms with Crippen LogP contribution in [0.4, 0.5) is 0 Å². The minimum atomic E-state index is -0.0318. The van der Waals surface area contributed by atoms with Crippen LogP contribution < -0.4 is 15.0 Å². The van der Waals surface area contributed by atoms with E-state index in [0.29, 0.717) is 35.4 Å². The van der Waals surface area contributed by atoms with Crippen molar-refractivity contribution in [3.63, 3.8) is 0 Å². The lowest BCUT2D eigenvalue weighted by molar-refractivity contribution is 0.268. The van der Waals surface area contributed by atoms with Crippen molar-refractivity contribution in [2.24, 2.45) is 0 Å². The third-order valence-electron chi connectivity index (χ3n) is 4.94. The summed E-state index contributed by atoms with van der Waals surface area (Å²) in [5, 5.41) is 0.551. The molecule has 2 aromatic heterocycles. The van der Waals surface area contributed by atoms with Crippen LogP contribution in [0.5, 0.6) is 11.5 Å². The van der Waals surface area contributed by atoms with Crippen LogP contribution >= 0.6 is 0 Å². The molecule has 3 aromatic rings. The topological polar surface area (TPSA) is 69.5 Å². The van der Waals surface area contributed by atoms with Crippen LogP contribution in [0.1, 0.15) is 11.5 Å². The first-order valence-electron chi connectivity index (χ1n) is 8.97. The summed E-state index contributed by atoms with van der Waals surface area (Å²) in [6, 6.07) is 9.42. The van der Waals surface area contributed by atoms with Crippen molar-refractivity contribution in [2.75, 3.05) is 27.3 Å². The summed E-state index contributed by atoms with van der Waals surface area (Å²) < 4.78 is 12.5. The van der Waals surface area contributed by atoms with Gasteiger partial charge in [-0.25, -0.2) is 4.98 Å². The Labute approximate surface area is 157 Å². The summed E-state index contributed by atoms with van der Waals surface area (Å²) in [5.74, 6) is 1.92. The van der Waals surface area contributed by atoms with E-state index in [1.165, 1.54) is 0 Å². The van der Waals surface area contributed by atoms with E-state index in [1.807, 2.05) is 18.2 Å². The van der Waals surface area contributed by atoms with Gasteiger partial charge in [-0.2, -0.15) is 0 Å². The molecule has 7 nitrogen and oxygen atoms in total. The Morgan fingerprint density at radius 1 is 1.07 bits per heavy atom. The highest BCUT2D eigenvalue weighted by Gasteiger charge is 2.19. The zero-order valence-electron chi connectivity index (χ0n) is 15.5. The Morgan fingerprint density at radius 3 is 2.63 bits per heavy atom. The molecule has 3 heterocycles. The number of benzene rings is 1. The molecule has 0 amide bonds. The minimum absolute atomic E-state index is 0.0318. The molecule has 1 aliphatic rings. The average molecular weight is 366 g/mol. The molecule has 0 spiro atoms. The maximum absolute atomic E-state index is 13.1. The summed E-state index contributed by atoms with van der Waals surface area (Å²) in [6.45, 7) is 2.99. The highest BCUT2D eigenvalue weighted by molar-refractivity contribution is 5.82. The van der Waals surface area contributed by atoms with Crippen molar-refractivity contribution in [2.45, 2.75) is 19.5 Å². The van der Waals surface area contributed by atoms with E-state index in [-0.39, 0.29) is 5.56 Å². The summed E-state index contributed by atoms with van der Waals surface area (Å²) in [4.78, 5) is 24.5. The Hall–Kier alpha value is -2.93. The SMILES string of the molecule is COc1cc2nc3n(c(=O)c2cc1OC)CCN(Cc1ccccn1)CC3. The third-order valence-corrected chi connectivity index (χ3v) is 4.94. The standard InChI is InChI=1S/C20H22N4O3/c1-26-17-11-15-16(12-18(17)27-2)22-19-6-8-23(9-10-24(19)20(15)25)13-14-5-3-4-7-21-14/h3-5,7,11-12H,6,8-10,13H2,1-2H3. The molecule has 0 radical (unpaired) electrons. The second-order valence-corrected chi connectivity index (χ2v) is 6.56. The second-order valence-electron chi connectivity index (χ2n) is 6.56. The third kappa shape index (κ3) is 3.38. The molecular weight excluding hydrogens is 344 g/mol. The van der Waals surface area contributed by atoms with Crippen molar-refractivity contribution in [1.82, 2.24) is 19.4 Å². The van der Waals surface area contributed by atoms with E-state index in [2.05, 4.69) is 9.88 Å². The van der Waals surface area contributed by atoms with Crippen molar-refractivity contribution in [3.05, 3.63) is 58.4 Å². The summed E-state index contributed by atoms with van der Waals surface area (Å²) in [6.07, 6.45) is 2.52. The van der Waals surface area contributed by atoms with E-state index in [9.17, 15) is 4.79 Å². The monoisotopic (exact) mass is 366 g/mol. The minimum Gasteiger partial charge on any atom is -0.493 e. The van der Waals surface area contributed by atoms with Crippen LogP contribution in [0, 0.1) is 0 Å². The van der Waals surface area contributed by atoms with Crippen LogP contribution in [0.3, 0.4) is 0 Å². The van der Waals surface area contributed by atoms with E-state index in [4.69, 9.17) is 14.5 Å². The van der Waals surface area contributed by atoms with Crippen LogP contribution in [0.2, 0.25) is 0 Å². The normalized spacial score (nSPS) is 14.6. The molecule has 0 saturated carbocycles. The lowest BCUT2D eigenvalue weighted by atomic mass is 10.2. The molecule has 140 valence electrons. The van der Waals surface area contributed by atoms with Crippen LogP contribution in [0.25, 0.3) is 10.9 Å². The molecule has 4 rings (SSSR count). The number of pyridine rings is 1. The maximum atomic E-state index is 13.1. The van der Waals surface area contributed by atoms with Crippen LogP contribution in [0.15, 0.2) is 41.3 Å². The number of hydrogen-bond donors (Lipinski definition) is 0. The number of methoxy groups -OCH3 is 2. The van der Waals surface area contributed by atoms with Gasteiger partial charge in [-0.05, 0) is 18.2 Å². The van der Waals surface area contributed by atoms with Gasteiger partial charge in [0.05, 0.1) is 30.8 Å². The van der Waals surface area contributed by atoms with Gasteiger partial charge in [-0.3, -0.25) is 19.2 Å². The molecular formula is C20H22N4O3. The number of ether oxygens (including phenoxy) is 2. The molecule has 0 atom stereocenters. The van der Waals surface area contributed by atoms with E-state index in [0.717, 1.165) is 31.2 Å². The Kier molecular flexibility index (Phi) is 4.77. The van der Waals surface area contributed by atoms with Crippen LogP contribution in [-0.4, -0.2) is 46.7 Å². The quantitative estimate of drug-likeness (QED) is 0.702. The smallest absolute Gasteiger partial charge is 0.261 e. The van der Waals surface area contributed by atoms with Gasteiger partial charge in [0, 0.05) is 44.9 Å². The van der Waals surface area contributed by atoms with Gasteiger partial charge < -0.3 is 9.47 Å². The van der Waals surface area contributed by atoms with Gasteiger partial charge in [-0.15, -0.1) is 0 Å². The first-order valence-corrected chi connectivity index (χ1v) is 8.97. The van der Waals surface area contributed by atoms with E-state index < -0.39 is 0 Å². The molecule has 0 saturated heterocycles. The predicted octanol–water partition coefficient (Wildman–Crippen LogP) is 1.87. The first kappa shape index (κ1) is 17.5. The number of rotatable bonds is 4. The first-order chi connectivity index (χ1) is 13.2. The van der Waals surface area contributed by atoms with Crippen molar-refractivity contribution >= 4 is 10.9 Å². The zero-order valence-corrected chi connectivity index (χ0v) is 15.5.